The third-order valence-corrected chi connectivity index (χ3v) is 3.96. The summed E-state index contributed by atoms with van der Waals surface area (Å²) in [4.78, 5) is 19.8. The molecule has 0 saturated heterocycles. The van der Waals surface area contributed by atoms with E-state index in [0.29, 0.717) is 5.56 Å². The summed E-state index contributed by atoms with van der Waals surface area (Å²) in [7, 11) is -2.01. The van der Waals surface area contributed by atoms with E-state index in [1.165, 1.54) is 17.0 Å². The van der Waals surface area contributed by atoms with Gasteiger partial charge in [0.15, 0.2) is 0 Å². The van der Waals surface area contributed by atoms with Gasteiger partial charge in [0.25, 0.3) is 10.0 Å². The maximum atomic E-state index is 11.8. The van der Waals surface area contributed by atoms with Gasteiger partial charge in [-0.1, -0.05) is 4.89 Å². The minimum atomic E-state index is -3.68. The van der Waals surface area contributed by atoms with Crippen molar-refractivity contribution in [2.24, 2.45) is 0 Å². The highest BCUT2D eigenvalue weighted by Gasteiger charge is 2.26. The second-order valence-corrected chi connectivity index (χ2v) is 5.58. The number of nitrogens with one attached hydrogen (secondary N) is 1. The van der Waals surface area contributed by atoms with Crippen LogP contribution in [0.15, 0.2) is 23.1 Å². The molecule has 1 aromatic carbocycles. The van der Waals surface area contributed by atoms with E-state index in [2.05, 4.69) is 0 Å². The minimum Gasteiger partial charge on any atom is -0.315 e. The van der Waals surface area contributed by atoms with E-state index in [-0.39, 0.29) is 23.8 Å². The number of fused-ring (bicyclic) bond motifs is 1. The number of amides is 1. The predicted molar refractivity (Wildman–Crippen MR) is 65.5 cm³/mol. The number of hydrogen-bond acceptors (Lipinski definition) is 4. The molecule has 0 bridgehead atoms. The first-order valence-corrected chi connectivity index (χ1v) is 6.97. The maximum Gasteiger partial charge on any atom is 0.262 e. The number of anilines is 1. The van der Waals surface area contributed by atoms with Crippen LogP contribution in [0.2, 0.25) is 0 Å². The Hall–Kier alpha value is -1.44. The molecule has 6 nitrogen and oxygen atoms in total. The van der Waals surface area contributed by atoms with E-state index in [9.17, 15) is 13.2 Å². The molecule has 0 spiro atoms. The van der Waals surface area contributed by atoms with Crippen molar-refractivity contribution in [3.63, 3.8) is 0 Å². The van der Waals surface area contributed by atoms with E-state index >= 15 is 0 Å². The maximum absolute atomic E-state index is 11.8. The van der Waals surface area contributed by atoms with Gasteiger partial charge in [-0.2, -0.15) is 0 Å². The summed E-state index contributed by atoms with van der Waals surface area (Å²) in [6.07, 6.45) is 0.226. The third kappa shape index (κ3) is 2.24. The molecule has 1 aliphatic rings. The summed E-state index contributed by atoms with van der Waals surface area (Å²) in [5.41, 5.74) is 1.46. The minimum absolute atomic E-state index is 0.0442. The second kappa shape index (κ2) is 4.68. The molecule has 0 saturated carbocycles. The fraction of sp³-hybridized carbons (Fsp3) is 0.364. The van der Waals surface area contributed by atoms with Gasteiger partial charge in [-0.15, -0.1) is 0 Å². The number of nitrogens with zero attached hydrogens (tertiary/aromatic N) is 1. The van der Waals surface area contributed by atoms with Crippen molar-refractivity contribution < 1.29 is 18.0 Å². The fourth-order valence-electron chi connectivity index (χ4n) is 1.80. The van der Waals surface area contributed by atoms with Crippen LogP contribution < -0.4 is 9.79 Å². The van der Waals surface area contributed by atoms with Crippen molar-refractivity contribution in [1.82, 2.24) is 4.89 Å². The van der Waals surface area contributed by atoms with Crippen molar-refractivity contribution in [3.8, 4) is 0 Å². The van der Waals surface area contributed by atoms with E-state index < -0.39 is 10.0 Å². The highest BCUT2D eigenvalue weighted by Crippen LogP contribution is 2.29. The topological polar surface area (TPSA) is 75.7 Å². The Morgan fingerprint density at radius 3 is 2.83 bits per heavy atom. The molecule has 0 aliphatic carbocycles. The van der Waals surface area contributed by atoms with Gasteiger partial charge >= 0.3 is 0 Å². The molecular formula is C11H14N2O4S. The van der Waals surface area contributed by atoms with Gasteiger partial charge < -0.3 is 4.90 Å². The molecule has 18 heavy (non-hydrogen) atoms. The van der Waals surface area contributed by atoms with Crippen molar-refractivity contribution >= 4 is 21.6 Å². The Balaban J connectivity index is 2.34. The van der Waals surface area contributed by atoms with Crippen molar-refractivity contribution in [1.29, 1.82) is 0 Å². The van der Waals surface area contributed by atoms with Crippen LogP contribution in [0.4, 0.5) is 5.69 Å². The number of hydrogen-bond donors (Lipinski definition) is 1. The van der Waals surface area contributed by atoms with Crippen LogP contribution in [-0.2, 0) is 26.1 Å². The van der Waals surface area contributed by atoms with Gasteiger partial charge in [-0.05, 0) is 30.7 Å². The number of likely N-dealkylation sites (N-methyl/N-ethyl adjacent to an activating group) is 1. The van der Waals surface area contributed by atoms with Gasteiger partial charge in [-0.25, -0.2) is 8.42 Å². The smallest absolute Gasteiger partial charge is 0.262 e. The molecule has 1 aliphatic heterocycles. The van der Waals surface area contributed by atoms with Gasteiger partial charge in [0.05, 0.1) is 17.9 Å². The Morgan fingerprint density at radius 1 is 1.44 bits per heavy atom. The molecule has 1 N–H and O–H groups in total. The normalized spacial score (nSPS) is 15.0. The Kier molecular flexibility index (Phi) is 3.38. The molecule has 2 rings (SSSR count). The standard InChI is InChI=1S/C11H14N2O4S/c1-3-17-12-18(15,16)9-4-5-10-8(6-9)7-11(14)13(10)2/h4-6,12H,3,7H2,1-2H3. The summed E-state index contributed by atoms with van der Waals surface area (Å²) in [6, 6.07) is 4.58. The van der Waals surface area contributed by atoms with Crippen LogP contribution in [0.1, 0.15) is 12.5 Å². The fourth-order valence-corrected chi connectivity index (χ4v) is 2.71. The molecule has 0 fully saturated rings. The molecule has 1 amide bonds. The van der Waals surface area contributed by atoms with Crippen molar-refractivity contribution in [2.45, 2.75) is 18.2 Å². The summed E-state index contributed by atoms with van der Waals surface area (Å²) < 4.78 is 23.6. The van der Waals surface area contributed by atoms with E-state index in [1.807, 2.05) is 4.89 Å². The number of benzene rings is 1. The molecular weight excluding hydrogens is 256 g/mol. The quantitative estimate of drug-likeness (QED) is 0.805. The van der Waals surface area contributed by atoms with Gasteiger partial charge in [0.1, 0.15) is 0 Å². The lowest BCUT2D eigenvalue weighted by molar-refractivity contribution is -0.117. The molecule has 0 unspecified atom stereocenters. The first kappa shape index (κ1) is 13.0. The van der Waals surface area contributed by atoms with Gasteiger partial charge in [0, 0.05) is 12.7 Å². The predicted octanol–water partition coefficient (Wildman–Crippen LogP) is 0.435. The van der Waals surface area contributed by atoms with Crippen LogP contribution in [0.25, 0.3) is 0 Å². The van der Waals surface area contributed by atoms with Crippen LogP contribution in [0, 0.1) is 0 Å². The molecule has 0 atom stereocenters. The molecule has 1 aromatic rings. The Bertz CT molecular complexity index is 583. The highest BCUT2D eigenvalue weighted by molar-refractivity contribution is 7.89. The first-order chi connectivity index (χ1) is 8.45. The summed E-state index contributed by atoms with van der Waals surface area (Å²) in [5.74, 6) is -0.0442. The van der Waals surface area contributed by atoms with E-state index in [4.69, 9.17) is 4.84 Å². The van der Waals surface area contributed by atoms with Crippen LogP contribution in [0.5, 0.6) is 0 Å². The Morgan fingerprint density at radius 2 is 2.17 bits per heavy atom. The third-order valence-electron chi connectivity index (χ3n) is 2.75. The molecule has 7 heteroatoms. The van der Waals surface area contributed by atoms with Crippen LogP contribution in [0.3, 0.4) is 0 Å². The summed E-state index contributed by atoms with van der Waals surface area (Å²) in [6.45, 7) is 1.92. The molecule has 98 valence electrons. The van der Waals surface area contributed by atoms with Crippen LogP contribution >= 0.6 is 0 Å². The van der Waals surface area contributed by atoms with Crippen molar-refractivity contribution in [2.75, 3.05) is 18.6 Å². The lowest BCUT2D eigenvalue weighted by Crippen LogP contribution is -2.24. The number of carbonyl (C=O) groups excluding carboxylic acids is 1. The van der Waals surface area contributed by atoms with E-state index in [0.717, 1.165) is 5.69 Å². The zero-order valence-corrected chi connectivity index (χ0v) is 11.0. The van der Waals surface area contributed by atoms with Crippen molar-refractivity contribution in [3.05, 3.63) is 23.8 Å². The lowest BCUT2D eigenvalue weighted by atomic mass is 10.2. The summed E-state index contributed by atoms with van der Waals surface area (Å²) >= 11 is 0. The molecule has 1 heterocycles. The zero-order chi connectivity index (χ0) is 13.3. The highest BCUT2D eigenvalue weighted by atomic mass is 32.2. The molecule has 0 aromatic heterocycles. The van der Waals surface area contributed by atoms with Crippen LogP contribution in [-0.4, -0.2) is 28.0 Å². The average Bonchev–Trinajstić information content (AvgIpc) is 2.62. The largest absolute Gasteiger partial charge is 0.315 e. The monoisotopic (exact) mass is 270 g/mol. The molecule has 0 radical (unpaired) electrons. The zero-order valence-electron chi connectivity index (χ0n) is 10.1. The average molecular weight is 270 g/mol. The Labute approximate surface area is 106 Å². The number of sulfonamides is 1. The second-order valence-electron chi connectivity index (χ2n) is 3.94. The van der Waals surface area contributed by atoms with Gasteiger partial charge in [-0.3, -0.25) is 9.63 Å². The van der Waals surface area contributed by atoms with Gasteiger partial charge in [0.2, 0.25) is 5.91 Å². The summed E-state index contributed by atoms with van der Waals surface area (Å²) in [5, 5.41) is 0. The SMILES string of the molecule is CCONS(=O)(=O)c1ccc2c(c1)CC(=O)N2C. The first-order valence-electron chi connectivity index (χ1n) is 5.49. The number of rotatable bonds is 4. The lowest BCUT2D eigenvalue weighted by Gasteiger charge is -2.11. The number of carbonyl (C=O) groups is 1. The van der Waals surface area contributed by atoms with E-state index in [1.54, 1.807) is 20.0 Å².